The molecular formula is C21H13NO7. The third-order valence-electron chi connectivity index (χ3n) is 4.40. The average molecular weight is 391 g/mol. The van der Waals surface area contributed by atoms with Crippen molar-refractivity contribution < 1.29 is 33.1 Å². The first-order chi connectivity index (χ1) is 14.0. The minimum absolute atomic E-state index is 0.0131. The molecule has 2 amide bonds. The van der Waals surface area contributed by atoms with Crippen molar-refractivity contribution in [2.24, 2.45) is 0 Å². The van der Waals surface area contributed by atoms with Gasteiger partial charge in [0.05, 0.1) is 17.7 Å². The zero-order valence-corrected chi connectivity index (χ0v) is 14.8. The number of benzene rings is 1. The van der Waals surface area contributed by atoms with Gasteiger partial charge in [-0.1, -0.05) is 30.3 Å². The van der Waals surface area contributed by atoms with Gasteiger partial charge in [-0.05, 0) is 29.8 Å². The second kappa shape index (κ2) is 7.08. The zero-order chi connectivity index (χ0) is 20.5. The number of rotatable bonds is 6. The van der Waals surface area contributed by atoms with Crippen molar-refractivity contribution in [2.45, 2.75) is 6.54 Å². The van der Waals surface area contributed by atoms with Crippen LogP contribution in [-0.2, 0) is 16.1 Å². The van der Waals surface area contributed by atoms with Crippen molar-refractivity contribution in [3.8, 4) is 0 Å². The molecule has 0 spiro atoms. The van der Waals surface area contributed by atoms with Crippen LogP contribution in [-0.4, -0.2) is 34.1 Å². The lowest BCUT2D eigenvalue weighted by atomic mass is 10.1. The molecular weight excluding hydrogens is 378 g/mol. The van der Waals surface area contributed by atoms with E-state index < -0.39 is 17.8 Å². The normalized spacial score (nSPS) is 14.0. The van der Waals surface area contributed by atoms with Gasteiger partial charge in [-0.25, -0.2) is 4.79 Å². The Balaban J connectivity index is 1.82. The standard InChI is InChI=1S/C21H13NO7/c23-11-13-6-7-14(28-13)17-18(15-8-9-16(29-15)21(26)27)20(25)22(19(17)24)10-12-4-2-1-3-5-12/h1-9,11H,10H2,(H,26,27). The number of carbonyl (C=O) groups is 4. The highest BCUT2D eigenvalue weighted by atomic mass is 16.4. The third kappa shape index (κ3) is 3.16. The van der Waals surface area contributed by atoms with Gasteiger partial charge in [0.15, 0.2) is 12.0 Å². The lowest BCUT2D eigenvalue weighted by Crippen LogP contribution is -2.30. The summed E-state index contributed by atoms with van der Waals surface area (Å²) in [6.07, 6.45) is 0.474. The Morgan fingerprint density at radius 1 is 0.897 bits per heavy atom. The first-order valence-electron chi connectivity index (χ1n) is 8.53. The SMILES string of the molecule is O=Cc1ccc(C2=C(c3ccc(C(=O)O)o3)C(=O)N(Cc3ccccc3)C2=O)o1. The van der Waals surface area contributed by atoms with Crippen molar-refractivity contribution in [3.63, 3.8) is 0 Å². The summed E-state index contributed by atoms with van der Waals surface area (Å²) >= 11 is 0. The maximum Gasteiger partial charge on any atom is 0.371 e. The molecule has 0 fully saturated rings. The second-order valence-electron chi connectivity index (χ2n) is 6.22. The number of carboxylic acids is 1. The summed E-state index contributed by atoms with van der Waals surface area (Å²) in [5.41, 5.74) is 0.518. The molecule has 0 saturated carbocycles. The zero-order valence-electron chi connectivity index (χ0n) is 14.8. The van der Waals surface area contributed by atoms with Gasteiger partial charge in [-0.15, -0.1) is 0 Å². The molecule has 3 aromatic rings. The van der Waals surface area contributed by atoms with Crippen molar-refractivity contribution in [2.75, 3.05) is 0 Å². The summed E-state index contributed by atoms with van der Waals surface area (Å²) in [6.45, 7) is 0.0131. The summed E-state index contributed by atoms with van der Waals surface area (Å²) in [4.78, 5) is 49.3. The number of aldehydes is 1. The molecule has 1 N–H and O–H groups in total. The molecule has 2 aromatic heterocycles. The minimum Gasteiger partial charge on any atom is -0.475 e. The average Bonchev–Trinajstić information content (AvgIpc) is 3.43. The molecule has 3 heterocycles. The predicted molar refractivity (Wildman–Crippen MR) is 98.6 cm³/mol. The maximum absolute atomic E-state index is 13.1. The van der Waals surface area contributed by atoms with Crippen LogP contribution in [0, 0.1) is 0 Å². The van der Waals surface area contributed by atoms with Gasteiger partial charge in [0, 0.05) is 0 Å². The molecule has 1 aromatic carbocycles. The lowest BCUT2D eigenvalue weighted by molar-refractivity contribution is -0.136. The van der Waals surface area contributed by atoms with Crippen LogP contribution in [0.4, 0.5) is 0 Å². The van der Waals surface area contributed by atoms with Crippen LogP contribution in [0.5, 0.6) is 0 Å². The summed E-state index contributed by atoms with van der Waals surface area (Å²) in [5.74, 6) is -3.03. The van der Waals surface area contributed by atoms with Gasteiger partial charge in [0.1, 0.15) is 11.5 Å². The molecule has 1 aliphatic rings. The van der Waals surface area contributed by atoms with Crippen LogP contribution in [0.25, 0.3) is 11.1 Å². The highest BCUT2D eigenvalue weighted by Crippen LogP contribution is 2.37. The molecule has 29 heavy (non-hydrogen) atoms. The van der Waals surface area contributed by atoms with E-state index in [4.69, 9.17) is 13.9 Å². The molecule has 8 heteroatoms. The number of nitrogens with zero attached hydrogens (tertiary/aromatic N) is 1. The molecule has 144 valence electrons. The third-order valence-corrected chi connectivity index (χ3v) is 4.40. The Labute approximate surface area is 163 Å². The predicted octanol–water partition coefficient (Wildman–Crippen LogP) is 2.86. The first-order valence-corrected chi connectivity index (χ1v) is 8.53. The van der Waals surface area contributed by atoms with Crippen LogP contribution in [0.2, 0.25) is 0 Å². The summed E-state index contributed by atoms with van der Waals surface area (Å²) in [6, 6.07) is 14.2. The number of furan rings is 2. The Bertz CT molecular complexity index is 1170. The van der Waals surface area contributed by atoms with Gasteiger partial charge < -0.3 is 13.9 Å². The van der Waals surface area contributed by atoms with Gasteiger partial charge in [-0.3, -0.25) is 19.3 Å². The number of aromatic carboxylic acids is 1. The monoisotopic (exact) mass is 391 g/mol. The minimum atomic E-state index is -1.31. The fourth-order valence-electron chi connectivity index (χ4n) is 3.08. The molecule has 0 unspecified atom stereocenters. The molecule has 0 atom stereocenters. The van der Waals surface area contributed by atoms with E-state index in [0.717, 1.165) is 10.5 Å². The fraction of sp³-hybridized carbons (Fsp3) is 0.0476. The quantitative estimate of drug-likeness (QED) is 0.507. The molecule has 0 saturated heterocycles. The van der Waals surface area contributed by atoms with Crippen molar-refractivity contribution >= 4 is 35.2 Å². The number of carboxylic acid groups (broad SMARTS) is 1. The van der Waals surface area contributed by atoms with Crippen LogP contribution in [0.15, 0.2) is 63.4 Å². The summed E-state index contributed by atoms with van der Waals surface area (Å²) in [5, 5.41) is 9.09. The molecule has 0 radical (unpaired) electrons. The number of imide groups is 1. The summed E-state index contributed by atoms with van der Waals surface area (Å²) in [7, 11) is 0. The first kappa shape index (κ1) is 18.2. The van der Waals surface area contributed by atoms with E-state index in [1.54, 1.807) is 24.3 Å². The fourth-order valence-corrected chi connectivity index (χ4v) is 3.08. The van der Waals surface area contributed by atoms with E-state index >= 15 is 0 Å². The van der Waals surface area contributed by atoms with Gasteiger partial charge >= 0.3 is 5.97 Å². The van der Waals surface area contributed by atoms with E-state index in [-0.39, 0.29) is 40.7 Å². The molecule has 8 nitrogen and oxygen atoms in total. The Hall–Kier alpha value is -4.20. The number of hydrogen-bond acceptors (Lipinski definition) is 6. The topological polar surface area (TPSA) is 118 Å². The smallest absolute Gasteiger partial charge is 0.371 e. The van der Waals surface area contributed by atoms with E-state index in [2.05, 4.69) is 0 Å². The van der Waals surface area contributed by atoms with Gasteiger partial charge in [0.25, 0.3) is 11.8 Å². The van der Waals surface area contributed by atoms with Crippen molar-refractivity contribution in [3.05, 3.63) is 83.2 Å². The van der Waals surface area contributed by atoms with Gasteiger partial charge in [-0.2, -0.15) is 0 Å². The lowest BCUT2D eigenvalue weighted by Gasteiger charge is -2.14. The summed E-state index contributed by atoms with van der Waals surface area (Å²) < 4.78 is 10.6. The number of amides is 2. The van der Waals surface area contributed by atoms with E-state index in [1.165, 1.54) is 24.3 Å². The number of hydrogen-bond donors (Lipinski definition) is 1. The second-order valence-corrected chi connectivity index (χ2v) is 6.22. The van der Waals surface area contributed by atoms with Gasteiger partial charge in [0.2, 0.25) is 5.76 Å². The van der Waals surface area contributed by atoms with E-state index in [9.17, 15) is 19.2 Å². The Morgan fingerprint density at radius 3 is 2.07 bits per heavy atom. The largest absolute Gasteiger partial charge is 0.475 e. The Kier molecular flexibility index (Phi) is 4.44. The maximum atomic E-state index is 13.1. The van der Waals surface area contributed by atoms with E-state index in [0.29, 0.717) is 6.29 Å². The van der Waals surface area contributed by atoms with Crippen LogP contribution in [0.1, 0.15) is 38.2 Å². The Morgan fingerprint density at radius 2 is 1.52 bits per heavy atom. The highest BCUT2D eigenvalue weighted by Gasteiger charge is 2.42. The van der Waals surface area contributed by atoms with Crippen molar-refractivity contribution in [1.82, 2.24) is 4.90 Å². The highest BCUT2D eigenvalue weighted by molar-refractivity contribution is 6.48. The molecule has 1 aliphatic heterocycles. The molecule has 4 rings (SSSR count). The van der Waals surface area contributed by atoms with Crippen LogP contribution in [0.3, 0.4) is 0 Å². The van der Waals surface area contributed by atoms with Crippen molar-refractivity contribution in [1.29, 1.82) is 0 Å². The van der Waals surface area contributed by atoms with Crippen LogP contribution < -0.4 is 0 Å². The number of carbonyl (C=O) groups excluding carboxylic acids is 3. The van der Waals surface area contributed by atoms with E-state index in [1.807, 2.05) is 6.07 Å². The molecule has 0 aliphatic carbocycles. The van der Waals surface area contributed by atoms with Crippen LogP contribution >= 0.6 is 0 Å². The molecule has 0 bridgehead atoms.